The zero-order valence-electron chi connectivity index (χ0n) is 21.2. The topological polar surface area (TPSA) is 86.9 Å². The number of nitrogens with one attached hydrogen (secondary N) is 1. The van der Waals surface area contributed by atoms with Gasteiger partial charge in [-0.1, -0.05) is 44.2 Å². The van der Waals surface area contributed by atoms with Crippen molar-refractivity contribution in [1.82, 2.24) is 19.5 Å². The SMILES string of the molecule is CCOc1cc(CNC(=O)CCn2ccn3nc(-c4ccc(C(C)C)cc4)cc3c2=O)ccc1OC. The van der Waals surface area contributed by atoms with E-state index in [0.717, 1.165) is 16.8 Å². The van der Waals surface area contributed by atoms with E-state index in [1.165, 1.54) is 5.56 Å². The first-order valence-electron chi connectivity index (χ1n) is 12.1. The lowest BCUT2D eigenvalue weighted by Gasteiger charge is -2.12. The number of rotatable bonds is 10. The molecule has 188 valence electrons. The van der Waals surface area contributed by atoms with E-state index in [-0.39, 0.29) is 24.4 Å². The van der Waals surface area contributed by atoms with Gasteiger partial charge in [-0.15, -0.1) is 0 Å². The fourth-order valence-corrected chi connectivity index (χ4v) is 3.99. The number of ether oxygens (including phenoxy) is 2. The number of amides is 1. The zero-order valence-corrected chi connectivity index (χ0v) is 21.2. The van der Waals surface area contributed by atoms with E-state index in [2.05, 4.69) is 36.4 Å². The highest BCUT2D eigenvalue weighted by Gasteiger charge is 2.12. The molecule has 0 saturated heterocycles. The number of carbonyl (C=O) groups excluding carboxylic acids is 1. The minimum Gasteiger partial charge on any atom is -0.493 e. The molecule has 8 nitrogen and oxygen atoms in total. The number of carbonyl (C=O) groups is 1. The van der Waals surface area contributed by atoms with Gasteiger partial charge >= 0.3 is 0 Å². The fourth-order valence-electron chi connectivity index (χ4n) is 3.99. The van der Waals surface area contributed by atoms with Gasteiger partial charge in [0, 0.05) is 37.5 Å². The Kier molecular flexibility index (Phi) is 7.73. The van der Waals surface area contributed by atoms with Gasteiger partial charge < -0.3 is 19.4 Å². The van der Waals surface area contributed by atoms with Crippen LogP contribution in [-0.4, -0.2) is 33.8 Å². The monoisotopic (exact) mass is 488 g/mol. The molecule has 0 fully saturated rings. The Labute approximate surface area is 210 Å². The second-order valence-electron chi connectivity index (χ2n) is 8.88. The molecule has 36 heavy (non-hydrogen) atoms. The van der Waals surface area contributed by atoms with Gasteiger partial charge in [0.05, 0.1) is 19.4 Å². The van der Waals surface area contributed by atoms with Crippen LogP contribution in [-0.2, 0) is 17.9 Å². The quantitative estimate of drug-likeness (QED) is 0.358. The molecule has 0 atom stereocenters. The molecule has 0 aliphatic rings. The Morgan fingerprint density at radius 3 is 2.53 bits per heavy atom. The summed E-state index contributed by atoms with van der Waals surface area (Å²) in [6, 6.07) is 15.6. The van der Waals surface area contributed by atoms with Crippen molar-refractivity contribution in [2.45, 2.75) is 46.2 Å². The van der Waals surface area contributed by atoms with E-state index < -0.39 is 0 Å². The molecule has 0 aliphatic heterocycles. The Hall–Kier alpha value is -4.07. The normalized spacial score (nSPS) is 11.1. The predicted octanol–water partition coefficient (Wildman–Crippen LogP) is 4.40. The van der Waals surface area contributed by atoms with Crippen molar-refractivity contribution in [2.24, 2.45) is 0 Å². The third-order valence-corrected chi connectivity index (χ3v) is 6.07. The minimum atomic E-state index is -0.181. The standard InChI is InChI=1S/C28H32N4O4/c1-5-36-26-16-20(6-11-25(26)35-4)18-29-27(33)12-13-31-14-15-32-24(28(31)34)17-23(30-32)22-9-7-21(8-10-22)19(2)3/h6-11,14-17,19H,5,12-13,18H2,1-4H3,(H,29,33). The number of benzene rings is 2. The first-order valence-corrected chi connectivity index (χ1v) is 12.1. The van der Waals surface area contributed by atoms with Crippen LogP contribution in [0.1, 0.15) is 44.2 Å². The number of aryl methyl sites for hydroxylation is 1. The second-order valence-corrected chi connectivity index (χ2v) is 8.88. The summed E-state index contributed by atoms with van der Waals surface area (Å²) in [6.07, 6.45) is 3.59. The summed E-state index contributed by atoms with van der Waals surface area (Å²) < 4.78 is 14.0. The summed E-state index contributed by atoms with van der Waals surface area (Å²) >= 11 is 0. The third kappa shape index (κ3) is 5.59. The van der Waals surface area contributed by atoms with Gasteiger partial charge in [-0.25, -0.2) is 4.52 Å². The Bertz CT molecular complexity index is 1400. The molecule has 0 radical (unpaired) electrons. The van der Waals surface area contributed by atoms with E-state index >= 15 is 0 Å². The average molecular weight is 489 g/mol. The van der Waals surface area contributed by atoms with Crippen LogP contribution in [0.25, 0.3) is 16.8 Å². The Morgan fingerprint density at radius 2 is 1.83 bits per heavy atom. The van der Waals surface area contributed by atoms with Crippen LogP contribution in [0.15, 0.2) is 65.7 Å². The van der Waals surface area contributed by atoms with Crippen LogP contribution in [0.5, 0.6) is 11.5 Å². The molecule has 1 amide bonds. The van der Waals surface area contributed by atoms with Crippen LogP contribution in [0, 0.1) is 0 Å². The van der Waals surface area contributed by atoms with Gasteiger partial charge in [0.15, 0.2) is 11.5 Å². The number of aromatic nitrogens is 3. The lowest BCUT2D eigenvalue weighted by atomic mass is 10.0. The van der Waals surface area contributed by atoms with Crippen LogP contribution in [0.4, 0.5) is 0 Å². The van der Waals surface area contributed by atoms with E-state index in [0.29, 0.717) is 36.1 Å². The van der Waals surface area contributed by atoms with Crippen molar-refractivity contribution in [3.05, 3.63) is 82.4 Å². The molecule has 1 N–H and O–H groups in total. The molecule has 4 rings (SSSR count). The van der Waals surface area contributed by atoms with E-state index in [4.69, 9.17) is 9.47 Å². The Balaban J connectivity index is 1.40. The summed E-state index contributed by atoms with van der Waals surface area (Å²) in [7, 11) is 1.59. The predicted molar refractivity (Wildman–Crippen MR) is 140 cm³/mol. The van der Waals surface area contributed by atoms with Gasteiger partial charge in [0.25, 0.3) is 5.56 Å². The van der Waals surface area contributed by atoms with Crippen molar-refractivity contribution < 1.29 is 14.3 Å². The molecule has 0 spiro atoms. The lowest BCUT2D eigenvalue weighted by molar-refractivity contribution is -0.121. The van der Waals surface area contributed by atoms with E-state index in [9.17, 15) is 9.59 Å². The third-order valence-electron chi connectivity index (χ3n) is 6.07. The van der Waals surface area contributed by atoms with Gasteiger partial charge in [0.2, 0.25) is 5.91 Å². The zero-order chi connectivity index (χ0) is 25.7. The first-order chi connectivity index (χ1) is 17.4. The van der Waals surface area contributed by atoms with Crippen molar-refractivity contribution >= 4 is 11.4 Å². The molecule has 8 heteroatoms. The summed E-state index contributed by atoms with van der Waals surface area (Å²) in [5, 5.41) is 7.46. The maximum atomic E-state index is 13.0. The molecule has 0 saturated carbocycles. The van der Waals surface area contributed by atoms with Gasteiger partial charge in [0.1, 0.15) is 5.52 Å². The minimum absolute atomic E-state index is 0.144. The Morgan fingerprint density at radius 1 is 1.06 bits per heavy atom. The summed E-state index contributed by atoms with van der Waals surface area (Å²) in [5.74, 6) is 1.60. The van der Waals surface area contributed by atoms with E-state index in [1.807, 2.05) is 37.3 Å². The van der Waals surface area contributed by atoms with Crippen molar-refractivity contribution in [2.75, 3.05) is 13.7 Å². The smallest absolute Gasteiger partial charge is 0.276 e. The van der Waals surface area contributed by atoms with Crippen LogP contribution >= 0.6 is 0 Å². The highest BCUT2D eigenvalue weighted by atomic mass is 16.5. The van der Waals surface area contributed by atoms with Crippen molar-refractivity contribution in [3.63, 3.8) is 0 Å². The van der Waals surface area contributed by atoms with Gasteiger partial charge in [-0.05, 0) is 42.2 Å². The number of hydrogen-bond donors (Lipinski definition) is 1. The highest BCUT2D eigenvalue weighted by Crippen LogP contribution is 2.28. The lowest BCUT2D eigenvalue weighted by Crippen LogP contribution is -2.27. The molecule has 2 aromatic heterocycles. The maximum absolute atomic E-state index is 13.0. The summed E-state index contributed by atoms with van der Waals surface area (Å²) in [4.78, 5) is 25.5. The number of hydrogen-bond acceptors (Lipinski definition) is 5. The molecule has 0 aliphatic carbocycles. The number of methoxy groups -OCH3 is 1. The van der Waals surface area contributed by atoms with Crippen LogP contribution in [0.3, 0.4) is 0 Å². The second kappa shape index (κ2) is 11.1. The molecule has 2 aromatic carbocycles. The van der Waals surface area contributed by atoms with Crippen molar-refractivity contribution in [1.29, 1.82) is 0 Å². The van der Waals surface area contributed by atoms with E-state index in [1.54, 1.807) is 34.7 Å². The van der Waals surface area contributed by atoms with Gasteiger partial charge in [-0.2, -0.15) is 5.10 Å². The van der Waals surface area contributed by atoms with Crippen LogP contribution < -0.4 is 20.3 Å². The van der Waals surface area contributed by atoms with Crippen LogP contribution in [0.2, 0.25) is 0 Å². The molecule has 0 unspecified atom stereocenters. The molecule has 4 aromatic rings. The molecular formula is C28H32N4O4. The number of nitrogens with zero attached hydrogens (tertiary/aromatic N) is 3. The first kappa shape index (κ1) is 25.0. The summed E-state index contributed by atoms with van der Waals surface area (Å²) in [5.41, 5.74) is 4.15. The average Bonchev–Trinajstić information content (AvgIpc) is 3.33. The largest absolute Gasteiger partial charge is 0.493 e. The summed E-state index contributed by atoms with van der Waals surface area (Å²) in [6.45, 7) is 7.37. The molecule has 0 bridgehead atoms. The highest BCUT2D eigenvalue weighted by molar-refractivity contribution is 5.75. The van der Waals surface area contributed by atoms with Gasteiger partial charge in [-0.3, -0.25) is 9.59 Å². The molecular weight excluding hydrogens is 456 g/mol. The molecule has 2 heterocycles. The van der Waals surface area contributed by atoms with Crippen molar-refractivity contribution in [3.8, 4) is 22.8 Å². The number of fused-ring (bicyclic) bond motifs is 1. The fraction of sp³-hybridized carbons (Fsp3) is 0.321. The maximum Gasteiger partial charge on any atom is 0.276 e.